The Morgan fingerprint density at radius 2 is 1.86 bits per heavy atom. The molecule has 152 valence electrons. The van der Waals surface area contributed by atoms with Gasteiger partial charge in [0, 0.05) is 46.6 Å². The number of fused-ring (bicyclic) bond motifs is 1. The summed E-state index contributed by atoms with van der Waals surface area (Å²) in [7, 11) is 1.81. The van der Waals surface area contributed by atoms with Crippen molar-refractivity contribution in [3.05, 3.63) is 48.0 Å². The third-order valence-corrected chi connectivity index (χ3v) is 5.24. The lowest BCUT2D eigenvalue weighted by Crippen LogP contribution is -2.39. The molecule has 1 saturated heterocycles. The van der Waals surface area contributed by atoms with E-state index in [0.29, 0.717) is 5.92 Å². The Kier molecular flexibility index (Phi) is 8.59. The Morgan fingerprint density at radius 1 is 1.07 bits per heavy atom. The van der Waals surface area contributed by atoms with Gasteiger partial charge in [0.05, 0.1) is 0 Å². The summed E-state index contributed by atoms with van der Waals surface area (Å²) in [6, 6.07) is 15.0. The molecule has 2 aromatic rings. The number of hydrogen-bond donors (Lipinski definition) is 2. The van der Waals surface area contributed by atoms with Gasteiger partial charge >= 0.3 is 0 Å². The van der Waals surface area contributed by atoms with E-state index in [9.17, 15) is 0 Å². The monoisotopic (exact) mass is 383 g/mol. The maximum absolute atomic E-state index is 5.81. The average molecular weight is 384 g/mol. The molecule has 0 aliphatic carbocycles. The van der Waals surface area contributed by atoms with Crippen LogP contribution in [0.25, 0.3) is 10.8 Å². The van der Waals surface area contributed by atoms with Crippen LogP contribution in [0.5, 0.6) is 0 Å². The summed E-state index contributed by atoms with van der Waals surface area (Å²) in [6.45, 7) is 5.14. The van der Waals surface area contributed by atoms with E-state index in [4.69, 9.17) is 9.47 Å². The number of nitrogens with zero attached hydrogens (tertiary/aromatic N) is 1. The van der Waals surface area contributed by atoms with Gasteiger partial charge in [0.25, 0.3) is 0 Å². The summed E-state index contributed by atoms with van der Waals surface area (Å²) in [4.78, 5) is 4.31. The first-order chi connectivity index (χ1) is 13.9. The smallest absolute Gasteiger partial charge is 0.190 e. The lowest BCUT2D eigenvalue weighted by Gasteiger charge is -2.21. The maximum Gasteiger partial charge on any atom is 0.190 e. The molecule has 5 nitrogen and oxygen atoms in total. The van der Waals surface area contributed by atoms with Crippen molar-refractivity contribution in [1.29, 1.82) is 0 Å². The highest BCUT2D eigenvalue weighted by Crippen LogP contribution is 2.18. The van der Waals surface area contributed by atoms with Crippen LogP contribution in [0, 0.1) is 5.92 Å². The molecule has 0 aromatic heterocycles. The van der Waals surface area contributed by atoms with Gasteiger partial charge in [-0.3, -0.25) is 4.99 Å². The second-order valence-corrected chi connectivity index (χ2v) is 7.30. The van der Waals surface area contributed by atoms with Gasteiger partial charge in [-0.05, 0) is 47.9 Å². The summed E-state index contributed by atoms with van der Waals surface area (Å²) in [6.07, 6.45) is 4.21. The van der Waals surface area contributed by atoms with Gasteiger partial charge < -0.3 is 20.1 Å². The van der Waals surface area contributed by atoms with E-state index in [-0.39, 0.29) is 0 Å². The summed E-state index contributed by atoms with van der Waals surface area (Å²) in [5.41, 5.74) is 1.36. The zero-order chi connectivity index (χ0) is 19.4. The predicted molar refractivity (Wildman–Crippen MR) is 116 cm³/mol. The van der Waals surface area contributed by atoms with Gasteiger partial charge in [-0.25, -0.2) is 0 Å². The van der Waals surface area contributed by atoms with Crippen LogP contribution in [-0.4, -0.2) is 52.5 Å². The maximum atomic E-state index is 5.81. The SMILES string of the molecule is CN=C(NCCCOCC1CCOCC1)NCCc1cccc2ccccc12. The fourth-order valence-corrected chi connectivity index (χ4v) is 3.59. The van der Waals surface area contributed by atoms with Gasteiger partial charge in [-0.1, -0.05) is 42.5 Å². The molecule has 1 aliphatic rings. The minimum atomic E-state index is 0.671. The van der Waals surface area contributed by atoms with Crippen molar-refractivity contribution in [2.24, 2.45) is 10.9 Å². The Hall–Kier alpha value is -2.11. The van der Waals surface area contributed by atoms with Crippen molar-refractivity contribution in [3.63, 3.8) is 0 Å². The number of aliphatic imine (C=N–C) groups is 1. The molecule has 0 atom stereocenters. The normalized spacial score (nSPS) is 15.7. The fourth-order valence-electron chi connectivity index (χ4n) is 3.59. The molecule has 2 aromatic carbocycles. The second-order valence-electron chi connectivity index (χ2n) is 7.30. The molecule has 3 rings (SSSR count). The zero-order valence-electron chi connectivity index (χ0n) is 17.0. The predicted octanol–water partition coefficient (Wildman–Crippen LogP) is 3.38. The zero-order valence-corrected chi connectivity index (χ0v) is 17.0. The van der Waals surface area contributed by atoms with Crippen LogP contribution in [0.15, 0.2) is 47.5 Å². The number of guanidine groups is 1. The minimum Gasteiger partial charge on any atom is -0.381 e. The van der Waals surface area contributed by atoms with Crippen LogP contribution in [0.1, 0.15) is 24.8 Å². The fraction of sp³-hybridized carbons (Fsp3) is 0.522. The molecule has 0 unspecified atom stereocenters. The second kappa shape index (κ2) is 11.7. The Labute approximate surface area is 168 Å². The summed E-state index contributed by atoms with van der Waals surface area (Å²) >= 11 is 0. The van der Waals surface area contributed by atoms with Crippen LogP contribution in [0.2, 0.25) is 0 Å². The van der Waals surface area contributed by atoms with E-state index in [1.54, 1.807) is 0 Å². The molecule has 1 heterocycles. The molecule has 0 radical (unpaired) electrons. The summed E-state index contributed by atoms with van der Waals surface area (Å²) in [5, 5.41) is 9.40. The van der Waals surface area contributed by atoms with Crippen molar-refractivity contribution in [2.75, 3.05) is 46.6 Å². The molecule has 28 heavy (non-hydrogen) atoms. The van der Waals surface area contributed by atoms with E-state index >= 15 is 0 Å². The Balaban J connectivity index is 1.30. The Bertz CT molecular complexity index is 736. The molecule has 0 saturated carbocycles. The number of benzene rings is 2. The molecule has 1 fully saturated rings. The average Bonchev–Trinajstić information content (AvgIpc) is 2.75. The molecule has 0 bridgehead atoms. The molecule has 0 amide bonds. The lowest BCUT2D eigenvalue weighted by molar-refractivity contribution is 0.0203. The molecular formula is C23H33N3O2. The first-order valence-corrected chi connectivity index (χ1v) is 10.4. The number of rotatable bonds is 9. The highest BCUT2D eigenvalue weighted by molar-refractivity contribution is 5.85. The van der Waals surface area contributed by atoms with Crippen LogP contribution in [-0.2, 0) is 15.9 Å². The van der Waals surface area contributed by atoms with E-state index in [1.165, 1.54) is 16.3 Å². The van der Waals surface area contributed by atoms with Crippen molar-refractivity contribution >= 4 is 16.7 Å². The van der Waals surface area contributed by atoms with Crippen LogP contribution >= 0.6 is 0 Å². The highest BCUT2D eigenvalue weighted by Gasteiger charge is 2.13. The van der Waals surface area contributed by atoms with Crippen molar-refractivity contribution in [3.8, 4) is 0 Å². The van der Waals surface area contributed by atoms with Gasteiger partial charge in [0.2, 0.25) is 0 Å². The van der Waals surface area contributed by atoms with E-state index < -0.39 is 0 Å². The number of hydrogen-bond acceptors (Lipinski definition) is 3. The lowest BCUT2D eigenvalue weighted by atomic mass is 10.0. The van der Waals surface area contributed by atoms with Crippen LogP contribution in [0.4, 0.5) is 0 Å². The van der Waals surface area contributed by atoms with E-state index in [0.717, 1.165) is 71.2 Å². The number of nitrogens with one attached hydrogen (secondary N) is 2. The number of ether oxygens (including phenoxy) is 2. The standard InChI is InChI=1S/C23H33N3O2/c1-24-23(25-13-5-15-28-18-19-11-16-27-17-12-19)26-14-10-21-8-4-7-20-6-2-3-9-22(20)21/h2-4,6-9,19H,5,10-18H2,1H3,(H2,24,25,26). The Morgan fingerprint density at radius 3 is 2.71 bits per heavy atom. The molecule has 1 aliphatic heterocycles. The van der Waals surface area contributed by atoms with E-state index in [2.05, 4.69) is 58.1 Å². The minimum absolute atomic E-state index is 0.671. The summed E-state index contributed by atoms with van der Waals surface area (Å²) < 4.78 is 11.2. The van der Waals surface area contributed by atoms with Gasteiger partial charge in [-0.2, -0.15) is 0 Å². The van der Waals surface area contributed by atoms with Crippen molar-refractivity contribution in [2.45, 2.75) is 25.7 Å². The quantitative estimate of drug-likeness (QED) is 0.396. The van der Waals surface area contributed by atoms with Crippen LogP contribution < -0.4 is 10.6 Å². The van der Waals surface area contributed by atoms with E-state index in [1.807, 2.05) is 7.05 Å². The van der Waals surface area contributed by atoms with Crippen LogP contribution in [0.3, 0.4) is 0 Å². The molecule has 5 heteroatoms. The van der Waals surface area contributed by atoms with Crippen molar-refractivity contribution in [1.82, 2.24) is 10.6 Å². The highest BCUT2D eigenvalue weighted by atomic mass is 16.5. The topological polar surface area (TPSA) is 54.9 Å². The molecule has 2 N–H and O–H groups in total. The van der Waals surface area contributed by atoms with Crippen molar-refractivity contribution < 1.29 is 9.47 Å². The third-order valence-electron chi connectivity index (χ3n) is 5.24. The molecule has 0 spiro atoms. The first-order valence-electron chi connectivity index (χ1n) is 10.4. The summed E-state index contributed by atoms with van der Waals surface area (Å²) in [5.74, 6) is 1.52. The largest absolute Gasteiger partial charge is 0.381 e. The van der Waals surface area contributed by atoms with Gasteiger partial charge in [0.15, 0.2) is 5.96 Å². The van der Waals surface area contributed by atoms with Gasteiger partial charge in [0.1, 0.15) is 0 Å². The molecular weight excluding hydrogens is 350 g/mol. The van der Waals surface area contributed by atoms with Gasteiger partial charge in [-0.15, -0.1) is 0 Å². The first kappa shape index (κ1) is 20.6. The third kappa shape index (κ3) is 6.50.